The number of carbonyl (C=O) groups excluding carboxylic acids is 2. The molecule has 0 aliphatic carbocycles. The molecule has 1 aromatic heterocycles. The number of nitriles is 1. The molecule has 0 fully saturated rings. The molecule has 0 unspecified atom stereocenters. The van der Waals surface area contributed by atoms with E-state index in [1.165, 1.54) is 19.1 Å². The highest BCUT2D eigenvalue weighted by Crippen LogP contribution is 2.28. The van der Waals surface area contributed by atoms with Crippen LogP contribution in [0.5, 0.6) is 0 Å². The van der Waals surface area contributed by atoms with Gasteiger partial charge in [-0.2, -0.15) is 13.7 Å². The van der Waals surface area contributed by atoms with E-state index < -0.39 is 51.2 Å². The zero-order valence-corrected chi connectivity index (χ0v) is 15.6. The number of fused-ring (bicyclic) bond motifs is 1. The van der Waals surface area contributed by atoms with Gasteiger partial charge in [-0.15, -0.1) is 0 Å². The summed E-state index contributed by atoms with van der Waals surface area (Å²) in [6.45, 7) is 0.508. The summed E-state index contributed by atoms with van der Waals surface area (Å²) < 4.78 is 52.5. The summed E-state index contributed by atoms with van der Waals surface area (Å²) in [5.41, 5.74) is -0.322. The van der Waals surface area contributed by atoms with Crippen molar-refractivity contribution < 1.29 is 26.8 Å². The number of amides is 3. The topological polar surface area (TPSA) is 132 Å². The van der Waals surface area contributed by atoms with Gasteiger partial charge in [-0.05, 0) is 25.1 Å². The molecule has 2 aromatic rings. The number of anilines is 1. The van der Waals surface area contributed by atoms with Crippen molar-refractivity contribution in [3.63, 3.8) is 0 Å². The van der Waals surface area contributed by atoms with Crippen molar-refractivity contribution in [2.24, 2.45) is 0 Å². The van der Waals surface area contributed by atoms with Crippen LogP contribution in [0.4, 0.5) is 19.3 Å². The van der Waals surface area contributed by atoms with Gasteiger partial charge in [-0.3, -0.25) is 4.79 Å². The molecule has 29 heavy (non-hydrogen) atoms. The number of hydrogen-bond acceptors (Lipinski definition) is 6. The van der Waals surface area contributed by atoms with E-state index in [1.807, 2.05) is 0 Å². The lowest BCUT2D eigenvalue weighted by molar-refractivity contribution is -0.121. The molecule has 2 N–H and O–H groups in total. The van der Waals surface area contributed by atoms with Gasteiger partial charge in [0.2, 0.25) is 10.9 Å². The first-order valence-electron chi connectivity index (χ1n) is 8.12. The quantitative estimate of drug-likeness (QED) is 0.771. The van der Waals surface area contributed by atoms with E-state index >= 15 is 0 Å². The molecule has 150 valence electrons. The monoisotopic (exact) mass is 421 g/mol. The van der Waals surface area contributed by atoms with E-state index in [-0.39, 0.29) is 21.2 Å². The van der Waals surface area contributed by atoms with Crippen molar-refractivity contribution in [1.82, 2.24) is 14.6 Å². The maximum absolute atomic E-state index is 13.8. The number of halogens is 2. The van der Waals surface area contributed by atoms with Gasteiger partial charge in [0, 0.05) is 11.6 Å². The minimum Gasteiger partial charge on any atom is -0.348 e. The molecule has 3 amide bonds. The third kappa shape index (κ3) is 3.85. The Morgan fingerprint density at radius 1 is 1.34 bits per heavy atom. The van der Waals surface area contributed by atoms with E-state index in [4.69, 9.17) is 5.26 Å². The highest BCUT2D eigenvalue weighted by Gasteiger charge is 2.39. The first-order valence-corrected chi connectivity index (χ1v) is 9.56. The fraction of sp³-hybridized carbons (Fsp3) is 0.176. The summed E-state index contributed by atoms with van der Waals surface area (Å²) in [5.74, 6) is -2.58. The molecule has 2 heterocycles. The van der Waals surface area contributed by atoms with Crippen LogP contribution in [0.3, 0.4) is 0 Å². The van der Waals surface area contributed by atoms with Crippen molar-refractivity contribution in [3.05, 3.63) is 53.2 Å². The summed E-state index contributed by atoms with van der Waals surface area (Å²) in [4.78, 5) is 28.1. The number of aromatic nitrogens is 1. The SMILES string of the molecule is C[C@H](NC(=O)CN1C(=O)Nc2ccc(C#N)nc2S1(=O)=O)c1ccc(F)cc1F. The summed E-state index contributed by atoms with van der Waals surface area (Å²) in [6, 6.07) is 4.93. The van der Waals surface area contributed by atoms with E-state index in [9.17, 15) is 26.8 Å². The maximum atomic E-state index is 13.8. The molecule has 0 saturated carbocycles. The van der Waals surface area contributed by atoms with Crippen molar-refractivity contribution in [1.29, 1.82) is 5.26 Å². The number of carbonyl (C=O) groups is 2. The Hall–Kier alpha value is -3.59. The second-order valence-corrected chi connectivity index (χ2v) is 7.84. The molecular weight excluding hydrogens is 408 g/mol. The van der Waals surface area contributed by atoms with Gasteiger partial charge in [0.1, 0.15) is 29.9 Å². The lowest BCUT2D eigenvalue weighted by atomic mass is 10.1. The molecule has 0 spiro atoms. The van der Waals surface area contributed by atoms with E-state index in [0.717, 1.165) is 12.1 Å². The minimum absolute atomic E-state index is 0.0172. The van der Waals surface area contributed by atoms with Crippen molar-refractivity contribution >= 4 is 27.6 Å². The molecule has 1 aliphatic rings. The Labute approximate surface area is 164 Å². The molecule has 0 bridgehead atoms. The Bertz CT molecular complexity index is 1160. The molecule has 1 aromatic carbocycles. The molecule has 12 heteroatoms. The minimum atomic E-state index is -4.50. The van der Waals surface area contributed by atoms with Crippen LogP contribution >= 0.6 is 0 Å². The normalized spacial score (nSPS) is 15.7. The number of rotatable bonds is 4. The summed E-state index contributed by atoms with van der Waals surface area (Å²) in [5, 5.41) is 13.0. The maximum Gasteiger partial charge on any atom is 0.336 e. The van der Waals surface area contributed by atoms with Gasteiger partial charge < -0.3 is 10.6 Å². The van der Waals surface area contributed by atoms with Gasteiger partial charge in [-0.1, -0.05) is 6.07 Å². The standard InChI is InChI=1S/C17H13F2N5O4S/c1-9(12-4-2-10(18)6-13(12)19)21-15(25)8-24-17(26)23-14-5-3-11(7-20)22-16(14)29(24,27)28/h2-6,9H,8H2,1H3,(H,21,25)(H,23,26)/t9-/m0/s1. The van der Waals surface area contributed by atoms with Gasteiger partial charge in [0.15, 0.2) is 0 Å². The Morgan fingerprint density at radius 3 is 2.72 bits per heavy atom. The third-order valence-electron chi connectivity index (χ3n) is 4.07. The van der Waals surface area contributed by atoms with Crippen LogP contribution in [-0.4, -0.2) is 36.2 Å². The van der Waals surface area contributed by atoms with Crippen molar-refractivity contribution in [2.75, 3.05) is 11.9 Å². The first kappa shape index (κ1) is 20.2. The average Bonchev–Trinajstić information content (AvgIpc) is 2.65. The number of nitrogens with one attached hydrogen (secondary N) is 2. The summed E-state index contributed by atoms with van der Waals surface area (Å²) in [6.07, 6.45) is 0. The number of nitrogens with zero attached hydrogens (tertiary/aromatic N) is 3. The lowest BCUT2D eigenvalue weighted by Gasteiger charge is -2.28. The second-order valence-electron chi connectivity index (χ2n) is 6.06. The lowest BCUT2D eigenvalue weighted by Crippen LogP contribution is -2.49. The van der Waals surface area contributed by atoms with Crippen molar-refractivity contribution in [2.45, 2.75) is 18.0 Å². The number of sulfonamides is 1. The fourth-order valence-corrected chi connectivity index (χ4v) is 4.06. The van der Waals surface area contributed by atoms with E-state index in [1.54, 1.807) is 6.07 Å². The van der Waals surface area contributed by atoms with Crippen LogP contribution in [-0.2, 0) is 14.8 Å². The largest absolute Gasteiger partial charge is 0.348 e. The zero-order chi connectivity index (χ0) is 21.3. The van der Waals surface area contributed by atoms with Crippen LogP contribution in [0, 0.1) is 23.0 Å². The number of hydrogen-bond donors (Lipinski definition) is 2. The molecular formula is C17H13F2N5O4S. The second kappa shape index (κ2) is 7.44. The molecule has 1 aliphatic heterocycles. The van der Waals surface area contributed by atoms with Crippen LogP contribution in [0.1, 0.15) is 24.2 Å². The van der Waals surface area contributed by atoms with Crippen LogP contribution < -0.4 is 10.6 Å². The molecule has 9 nitrogen and oxygen atoms in total. The predicted octanol–water partition coefficient (Wildman–Crippen LogP) is 1.65. The van der Waals surface area contributed by atoms with Crippen LogP contribution in [0.2, 0.25) is 0 Å². The Kier molecular flexibility index (Phi) is 5.17. The number of pyridine rings is 1. The van der Waals surface area contributed by atoms with Crippen molar-refractivity contribution in [3.8, 4) is 6.07 Å². The number of urea groups is 1. The highest BCUT2D eigenvalue weighted by atomic mass is 32.2. The first-order chi connectivity index (χ1) is 13.6. The van der Waals surface area contributed by atoms with Gasteiger partial charge >= 0.3 is 6.03 Å². The average molecular weight is 421 g/mol. The van der Waals surface area contributed by atoms with Crippen LogP contribution in [0.15, 0.2) is 35.4 Å². The Balaban J connectivity index is 1.81. The van der Waals surface area contributed by atoms with Gasteiger partial charge in [0.25, 0.3) is 10.0 Å². The molecule has 1 atom stereocenters. The number of benzene rings is 1. The van der Waals surface area contributed by atoms with Gasteiger partial charge in [0.05, 0.1) is 11.7 Å². The van der Waals surface area contributed by atoms with Gasteiger partial charge in [-0.25, -0.2) is 22.9 Å². The zero-order valence-electron chi connectivity index (χ0n) is 14.8. The van der Waals surface area contributed by atoms with E-state index in [2.05, 4.69) is 15.6 Å². The summed E-state index contributed by atoms with van der Waals surface area (Å²) in [7, 11) is -4.50. The van der Waals surface area contributed by atoms with Crippen LogP contribution in [0.25, 0.3) is 0 Å². The molecule has 0 radical (unpaired) electrons. The Morgan fingerprint density at radius 2 is 2.07 bits per heavy atom. The predicted molar refractivity (Wildman–Crippen MR) is 94.8 cm³/mol. The molecule has 0 saturated heterocycles. The highest BCUT2D eigenvalue weighted by molar-refractivity contribution is 7.89. The smallest absolute Gasteiger partial charge is 0.336 e. The van der Waals surface area contributed by atoms with E-state index in [0.29, 0.717) is 6.07 Å². The summed E-state index contributed by atoms with van der Waals surface area (Å²) >= 11 is 0. The fourth-order valence-electron chi connectivity index (χ4n) is 2.69. The molecule has 3 rings (SSSR count). The third-order valence-corrected chi connectivity index (χ3v) is 5.75.